The smallest absolute Gasteiger partial charge is 0.295 e. The number of hydrogen-bond donors (Lipinski definition) is 2. The largest absolute Gasteiger partial charge is 0.324 e. The van der Waals surface area contributed by atoms with Crippen LogP contribution in [0.1, 0.15) is 10.5 Å². The molecule has 0 aromatic carbocycles. The zero-order chi connectivity index (χ0) is 11.5. The molecule has 2 aromatic rings. The Labute approximate surface area is 92.2 Å². The van der Waals surface area contributed by atoms with Crippen LogP contribution in [-0.4, -0.2) is 21.1 Å². The van der Waals surface area contributed by atoms with E-state index in [1.54, 1.807) is 0 Å². The Hall–Kier alpha value is -2.09. The molecule has 2 heterocycles. The van der Waals surface area contributed by atoms with E-state index in [1.165, 1.54) is 12.1 Å². The molecule has 0 unspecified atom stereocenters. The normalized spacial score (nSPS) is 10.1. The van der Waals surface area contributed by atoms with Gasteiger partial charge in [-0.25, -0.2) is 10.1 Å². The van der Waals surface area contributed by atoms with Crippen molar-refractivity contribution in [3.63, 3.8) is 0 Å². The van der Waals surface area contributed by atoms with Crippen molar-refractivity contribution in [3.8, 4) is 0 Å². The fraction of sp³-hybridized carbons (Fsp3) is 0. The lowest BCUT2D eigenvalue weighted by atomic mass is 10.3. The van der Waals surface area contributed by atoms with Gasteiger partial charge in [-0.3, -0.25) is 14.9 Å². The lowest BCUT2D eigenvalue weighted by Gasteiger charge is -1.99. The van der Waals surface area contributed by atoms with Gasteiger partial charge in [0.2, 0.25) is 11.1 Å². The van der Waals surface area contributed by atoms with Crippen LogP contribution in [0.25, 0.3) is 0 Å². The topological polar surface area (TPSA) is 87.7 Å². The third-order valence-electron chi connectivity index (χ3n) is 1.61. The van der Waals surface area contributed by atoms with E-state index in [1.807, 2.05) is 0 Å². The predicted molar refractivity (Wildman–Crippen MR) is 54.9 cm³/mol. The van der Waals surface area contributed by atoms with Crippen molar-refractivity contribution >= 4 is 22.4 Å². The van der Waals surface area contributed by atoms with Gasteiger partial charge < -0.3 is 0 Å². The molecule has 0 spiro atoms. The van der Waals surface area contributed by atoms with Crippen molar-refractivity contribution < 1.29 is 9.18 Å². The standard InChI is InChI=1S/C8H5FN4O2S/c9-5-3-1-2-4(10-5)6(14)11-7-12-13-8(15)16-7/h1-3H,(H,13,15)(H,11,12,14). The summed E-state index contributed by atoms with van der Waals surface area (Å²) >= 11 is 0.739. The summed E-state index contributed by atoms with van der Waals surface area (Å²) in [6.45, 7) is 0. The van der Waals surface area contributed by atoms with Crippen molar-refractivity contribution in [1.82, 2.24) is 15.2 Å². The summed E-state index contributed by atoms with van der Waals surface area (Å²) in [5.41, 5.74) is -0.0809. The summed E-state index contributed by atoms with van der Waals surface area (Å²) in [6.07, 6.45) is 0. The van der Waals surface area contributed by atoms with Crippen LogP contribution in [0.5, 0.6) is 0 Å². The number of rotatable bonds is 2. The molecule has 2 aromatic heterocycles. The summed E-state index contributed by atoms with van der Waals surface area (Å²) in [6, 6.07) is 3.85. The van der Waals surface area contributed by atoms with Gasteiger partial charge in [0.25, 0.3) is 5.91 Å². The lowest BCUT2D eigenvalue weighted by molar-refractivity contribution is 0.102. The first kappa shape index (κ1) is 10.4. The van der Waals surface area contributed by atoms with E-state index in [2.05, 4.69) is 20.5 Å². The van der Waals surface area contributed by atoms with Crippen LogP contribution in [-0.2, 0) is 0 Å². The number of nitrogens with one attached hydrogen (secondary N) is 2. The second-order valence-electron chi connectivity index (χ2n) is 2.72. The molecule has 8 heteroatoms. The van der Waals surface area contributed by atoms with Gasteiger partial charge >= 0.3 is 4.87 Å². The number of nitrogens with zero attached hydrogens (tertiary/aromatic N) is 2. The first-order valence-electron chi connectivity index (χ1n) is 4.14. The number of hydrogen-bond acceptors (Lipinski definition) is 5. The molecule has 2 N–H and O–H groups in total. The maximum Gasteiger partial charge on any atom is 0.324 e. The molecule has 0 saturated carbocycles. The van der Waals surface area contributed by atoms with Crippen molar-refractivity contribution in [2.45, 2.75) is 0 Å². The molecule has 0 fully saturated rings. The number of H-pyrrole nitrogens is 1. The van der Waals surface area contributed by atoms with E-state index in [0.29, 0.717) is 0 Å². The number of halogens is 1. The number of aromatic nitrogens is 3. The third kappa shape index (κ3) is 2.28. The van der Waals surface area contributed by atoms with Crippen LogP contribution in [0.3, 0.4) is 0 Å². The number of anilines is 1. The minimum atomic E-state index is -0.747. The number of pyridine rings is 1. The SMILES string of the molecule is O=C(Nc1n[nH]c(=O)s1)c1cccc(F)n1. The van der Waals surface area contributed by atoms with Gasteiger partial charge in [-0.05, 0) is 23.5 Å². The van der Waals surface area contributed by atoms with Crippen LogP contribution >= 0.6 is 11.3 Å². The second-order valence-corrected chi connectivity index (χ2v) is 3.68. The number of amides is 1. The third-order valence-corrected chi connectivity index (χ3v) is 2.27. The zero-order valence-electron chi connectivity index (χ0n) is 7.73. The summed E-state index contributed by atoms with van der Waals surface area (Å²) < 4.78 is 12.7. The van der Waals surface area contributed by atoms with Crippen molar-refractivity contribution in [2.24, 2.45) is 0 Å². The molecule has 0 bridgehead atoms. The monoisotopic (exact) mass is 240 g/mol. The Morgan fingerprint density at radius 3 is 2.94 bits per heavy atom. The molecular weight excluding hydrogens is 235 g/mol. The summed E-state index contributed by atoms with van der Waals surface area (Å²) in [5.74, 6) is -1.37. The number of aromatic amines is 1. The van der Waals surface area contributed by atoms with Crippen LogP contribution < -0.4 is 10.2 Å². The van der Waals surface area contributed by atoms with Crippen molar-refractivity contribution in [1.29, 1.82) is 0 Å². The Morgan fingerprint density at radius 2 is 2.31 bits per heavy atom. The Balaban J connectivity index is 2.17. The van der Waals surface area contributed by atoms with Crippen LogP contribution in [0.2, 0.25) is 0 Å². The highest BCUT2D eigenvalue weighted by Crippen LogP contribution is 2.06. The Kier molecular flexibility index (Phi) is 2.73. The van der Waals surface area contributed by atoms with Gasteiger partial charge in [0.15, 0.2) is 0 Å². The fourth-order valence-electron chi connectivity index (χ4n) is 0.979. The molecule has 16 heavy (non-hydrogen) atoms. The molecule has 0 aliphatic rings. The molecule has 82 valence electrons. The van der Waals surface area contributed by atoms with Gasteiger partial charge in [-0.15, -0.1) is 5.10 Å². The van der Waals surface area contributed by atoms with E-state index in [9.17, 15) is 14.0 Å². The van der Waals surface area contributed by atoms with Crippen LogP contribution in [0.15, 0.2) is 23.0 Å². The fourth-order valence-corrected chi connectivity index (χ4v) is 1.48. The maximum absolute atomic E-state index is 12.7. The van der Waals surface area contributed by atoms with Gasteiger partial charge in [0.1, 0.15) is 5.69 Å². The summed E-state index contributed by atoms with van der Waals surface area (Å²) in [4.78, 5) is 25.2. The number of carbonyl (C=O) groups excluding carboxylic acids is 1. The first-order chi connectivity index (χ1) is 7.65. The van der Waals surface area contributed by atoms with Crippen LogP contribution in [0.4, 0.5) is 9.52 Å². The molecule has 6 nitrogen and oxygen atoms in total. The summed E-state index contributed by atoms with van der Waals surface area (Å²) in [5, 5.41) is 8.10. The Bertz CT molecular complexity index is 579. The quantitative estimate of drug-likeness (QED) is 0.753. The zero-order valence-corrected chi connectivity index (χ0v) is 8.55. The van der Waals surface area contributed by atoms with Gasteiger partial charge in [-0.1, -0.05) is 6.07 Å². The maximum atomic E-state index is 12.7. The molecule has 1 amide bonds. The first-order valence-corrected chi connectivity index (χ1v) is 4.96. The number of carbonyl (C=O) groups is 1. The lowest BCUT2D eigenvalue weighted by Crippen LogP contribution is -2.13. The van der Waals surface area contributed by atoms with Crippen molar-refractivity contribution in [2.75, 3.05) is 5.32 Å². The predicted octanol–water partition coefficient (Wildman–Crippen LogP) is 0.618. The highest BCUT2D eigenvalue weighted by molar-refractivity contribution is 7.13. The minimum Gasteiger partial charge on any atom is -0.295 e. The van der Waals surface area contributed by atoms with E-state index in [0.717, 1.165) is 17.4 Å². The van der Waals surface area contributed by atoms with Gasteiger partial charge in [0, 0.05) is 0 Å². The molecule has 0 aliphatic heterocycles. The van der Waals surface area contributed by atoms with E-state index >= 15 is 0 Å². The minimum absolute atomic E-state index is 0.0809. The van der Waals surface area contributed by atoms with Crippen molar-refractivity contribution in [3.05, 3.63) is 39.5 Å². The molecular formula is C8H5FN4O2S. The highest BCUT2D eigenvalue weighted by atomic mass is 32.1. The van der Waals surface area contributed by atoms with Crippen LogP contribution in [0, 0.1) is 5.95 Å². The molecule has 0 aliphatic carbocycles. The average molecular weight is 240 g/mol. The second kappa shape index (κ2) is 4.19. The van der Waals surface area contributed by atoms with E-state index < -0.39 is 11.9 Å². The highest BCUT2D eigenvalue weighted by Gasteiger charge is 2.10. The van der Waals surface area contributed by atoms with E-state index in [4.69, 9.17) is 0 Å². The molecule has 0 radical (unpaired) electrons. The van der Waals surface area contributed by atoms with E-state index in [-0.39, 0.29) is 15.7 Å². The van der Waals surface area contributed by atoms with Gasteiger partial charge in [-0.2, -0.15) is 4.39 Å². The molecule has 0 saturated heterocycles. The van der Waals surface area contributed by atoms with Gasteiger partial charge in [0.05, 0.1) is 0 Å². The molecule has 2 rings (SSSR count). The average Bonchev–Trinajstić information content (AvgIpc) is 2.64. The summed E-state index contributed by atoms with van der Waals surface area (Å²) in [7, 11) is 0. The molecule has 0 atom stereocenters. The Morgan fingerprint density at radius 1 is 1.50 bits per heavy atom.